The Kier molecular flexibility index (Phi) is 6.22. The summed E-state index contributed by atoms with van der Waals surface area (Å²) in [6, 6.07) is 14.9. The number of benzene rings is 2. The number of carbonyl (C=O) groups excluding carboxylic acids is 2. The van der Waals surface area contributed by atoms with E-state index in [0.29, 0.717) is 29.4 Å². The lowest BCUT2D eigenvalue weighted by Gasteiger charge is -2.23. The van der Waals surface area contributed by atoms with E-state index in [1.807, 2.05) is 26.0 Å². The van der Waals surface area contributed by atoms with Crippen molar-refractivity contribution in [3.8, 4) is 11.5 Å². The summed E-state index contributed by atoms with van der Waals surface area (Å²) in [6.45, 7) is 4.43. The lowest BCUT2D eigenvalue weighted by Crippen LogP contribution is -2.29. The van der Waals surface area contributed by atoms with Crippen LogP contribution in [-0.4, -0.2) is 35.4 Å². The molecule has 0 aliphatic carbocycles. The molecule has 0 spiro atoms. The number of aryl methyl sites for hydroxylation is 1. The molecule has 0 radical (unpaired) electrons. The van der Waals surface area contributed by atoms with Crippen LogP contribution in [0.15, 0.2) is 70.9 Å². The first-order valence-corrected chi connectivity index (χ1v) is 10.6. The number of rotatable bonds is 7. The van der Waals surface area contributed by atoms with Crippen molar-refractivity contribution in [2.45, 2.75) is 26.4 Å². The number of aliphatic hydroxyl groups excluding tert-OH is 1. The fourth-order valence-corrected chi connectivity index (χ4v) is 3.98. The zero-order chi connectivity index (χ0) is 23.5. The molecule has 1 fully saturated rings. The van der Waals surface area contributed by atoms with Gasteiger partial charge >= 0.3 is 0 Å². The first-order valence-electron chi connectivity index (χ1n) is 10.6. The maximum absolute atomic E-state index is 13.1. The third-order valence-electron chi connectivity index (χ3n) is 5.61. The number of ketones is 1. The monoisotopic (exact) mass is 447 g/mol. The van der Waals surface area contributed by atoms with E-state index in [-0.39, 0.29) is 17.9 Å². The number of hydrogen-bond donors (Lipinski definition) is 1. The van der Waals surface area contributed by atoms with Crippen molar-refractivity contribution >= 4 is 17.4 Å². The van der Waals surface area contributed by atoms with Crippen LogP contribution in [0, 0.1) is 6.92 Å². The Morgan fingerprint density at radius 3 is 2.48 bits per heavy atom. The summed E-state index contributed by atoms with van der Waals surface area (Å²) in [5.74, 6) is 0.0706. The van der Waals surface area contributed by atoms with Crippen LogP contribution >= 0.6 is 0 Å². The number of amides is 1. The normalized spacial score (nSPS) is 17.4. The van der Waals surface area contributed by atoms with Crippen LogP contribution < -0.4 is 9.47 Å². The van der Waals surface area contributed by atoms with Gasteiger partial charge in [0, 0.05) is 12.1 Å². The molecule has 1 N–H and O–H groups in total. The van der Waals surface area contributed by atoms with Gasteiger partial charge in [-0.15, -0.1) is 0 Å². The van der Waals surface area contributed by atoms with Crippen LogP contribution in [0.4, 0.5) is 0 Å². The number of methoxy groups -OCH3 is 1. The standard InChI is InChI=1S/C26H25NO6/c1-4-32-20-12-9-18(14-16(20)2)24(28)22-23(21-6-5-13-33-21)27(26(30)25(22)29)15-17-7-10-19(31-3)11-8-17/h5-14,23,28H,4,15H2,1-3H3/b24-22-. The second-order valence-electron chi connectivity index (χ2n) is 7.70. The number of Topliss-reactive ketones (excluding diaryl/α,β-unsaturated/α-hetero) is 1. The van der Waals surface area contributed by atoms with Crippen molar-refractivity contribution < 1.29 is 28.6 Å². The van der Waals surface area contributed by atoms with Crippen molar-refractivity contribution in [1.82, 2.24) is 4.90 Å². The molecule has 1 unspecified atom stereocenters. The van der Waals surface area contributed by atoms with Crippen molar-refractivity contribution in [3.63, 3.8) is 0 Å². The van der Waals surface area contributed by atoms with Crippen LogP contribution in [0.5, 0.6) is 11.5 Å². The average Bonchev–Trinajstić information content (AvgIpc) is 3.43. The first kappa shape index (κ1) is 22.2. The minimum absolute atomic E-state index is 0.00739. The smallest absolute Gasteiger partial charge is 0.296 e. The molecule has 0 bridgehead atoms. The van der Waals surface area contributed by atoms with E-state index >= 15 is 0 Å². The highest BCUT2D eigenvalue weighted by atomic mass is 16.5. The topological polar surface area (TPSA) is 89.2 Å². The van der Waals surface area contributed by atoms with Crippen LogP contribution in [-0.2, 0) is 16.1 Å². The van der Waals surface area contributed by atoms with E-state index in [2.05, 4.69) is 0 Å². The Hall–Kier alpha value is -4.00. The highest BCUT2D eigenvalue weighted by Gasteiger charge is 2.47. The average molecular weight is 447 g/mol. The molecule has 33 heavy (non-hydrogen) atoms. The van der Waals surface area contributed by atoms with E-state index in [9.17, 15) is 14.7 Å². The SMILES string of the molecule is CCOc1ccc(/C(O)=C2/C(=O)C(=O)N(Cc3ccc(OC)cc3)C2c2ccco2)cc1C. The molecule has 1 saturated heterocycles. The van der Waals surface area contributed by atoms with Gasteiger partial charge in [0.1, 0.15) is 29.1 Å². The fraction of sp³-hybridized carbons (Fsp3) is 0.231. The minimum Gasteiger partial charge on any atom is -0.507 e. The van der Waals surface area contributed by atoms with Crippen LogP contribution in [0.1, 0.15) is 35.4 Å². The summed E-state index contributed by atoms with van der Waals surface area (Å²) in [6.07, 6.45) is 1.48. The van der Waals surface area contributed by atoms with Crippen molar-refractivity contribution in [2.24, 2.45) is 0 Å². The summed E-state index contributed by atoms with van der Waals surface area (Å²) < 4.78 is 16.3. The molecule has 1 aliphatic rings. The molecule has 1 atom stereocenters. The lowest BCUT2D eigenvalue weighted by atomic mass is 9.98. The van der Waals surface area contributed by atoms with Crippen molar-refractivity contribution in [3.05, 3.63) is 88.9 Å². The predicted molar refractivity (Wildman–Crippen MR) is 122 cm³/mol. The Bertz CT molecular complexity index is 1190. The number of likely N-dealkylation sites (tertiary alicyclic amines) is 1. The van der Waals surface area contributed by atoms with Gasteiger partial charge in [0.25, 0.3) is 11.7 Å². The van der Waals surface area contributed by atoms with Crippen molar-refractivity contribution in [1.29, 1.82) is 0 Å². The summed E-state index contributed by atoms with van der Waals surface area (Å²) >= 11 is 0. The molecular weight excluding hydrogens is 422 g/mol. The van der Waals surface area contributed by atoms with E-state index in [4.69, 9.17) is 13.9 Å². The first-order chi connectivity index (χ1) is 15.9. The van der Waals surface area contributed by atoms with Gasteiger partial charge in [0.05, 0.1) is 25.6 Å². The third-order valence-corrected chi connectivity index (χ3v) is 5.61. The summed E-state index contributed by atoms with van der Waals surface area (Å²) in [5.41, 5.74) is 2.04. The van der Waals surface area contributed by atoms with Gasteiger partial charge in [-0.2, -0.15) is 0 Å². The Morgan fingerprint density at radius 2 is 1.88 bits per heavy atom. The second kappa shape index (κ2) is 9.24. The molecule has 1 aliphatic heterocycles. The third kappa shape index (κ3) is 4.22. The number of carbonyl (C=O) groups is 2. The van der Waals surface area contributed by atoms with Gasteiger partial charge < -0.3 is 23.9 Å². The zero-order valence-electron chi connectivity index (χ0n) is 18.7. The maximum atomic E-state index is 13.1. The highest BCUT2D eigenvalue weighted by Crippen LogP contribution is 2.41. The number of aliphatic hydroxyl groups is 1. The Morgan fingerprint density at radius 1 is 1.12 bits per heavy atom. The summed E-state index contributed by atoms with van der Waals surface area (Å²) in [4.78, 5) is 27.5. The molecule has 2 aromatic carbocycles. The molecule has 4 rings (SSSR count). The second-order valence-corrected chi connectivity index (χ2v) is 7.70. The molecular formula is C26H25NO6. The molecule has 1 amide bonds. The Balaban J connectivity index is 1.77. The van der Waals surface area contributed by atoms with Gasteiger partial charge in [-0.05, 0) is 67.4 Å². The number of nitrogens with zero attached hydrogens (tertiary/aromatic N) is 1. The molecule has 3 aromatic rings. The van der Waals surface area contributed by atoms with Crippen LogP contribution in [0.2, 0.25) is 0 Å². The molecule has 170 valence electrons. The Labute approximate surface area is 191 Å². The molecule has 7 nitrogen and oxygen atoms in total. The molecule has 7 heteroatoms. The molecule has 2 heterocycles. The van der Waals surface area contributed by atoms with E-state index in [0.717, 1.165) is 11.1 Å². The largest absolute Gasteiger partial charge is 0.507 e. The molecule has 0 saturated carbocycles. The lowest BCUT2D eigenvalue weighted by molar-refractivity contribution is -0.140. The van der Waals surface area contributed by atoms with Gasteiger partial charge in [-0.1, -0.05) is 12.1 Å². The van der Waals surface area contributed by atoms with Gasteiger partial charge in [-0.3, -0.25) is 9.59 Å². The van der Waals surface area contributed by atoms with E-state index in [1.165, 1.54) is 11.2 Å². The number of furan rings is 1. The predicted octanol–water partition coefficient (Wildman–Crippen LogP) is 4.62. The zero-order valence-corrected chi connectivity index (χ0v) is 18.7. The maximum Gasteiger partial charge on any atom is 0.296 e. The minimum atomic E-state index is -0.853. The quantitative estimate of drug-likeness (QED) is 0.323. The van der Waals surface area contributed by atoms with Crippen LogP contribution in [0.25, 0.3) is 5.76 Å². The summed E-state index contributed by atoms with van der Waals surface area (Å²) in [5, 5.41) is 11.2. The number of hydrogen-bond acceptors (Lipinski definition) is 6. The number of ether oxygens (including phenoxy) is 2. The highest BCUT2D eigenvalue weighted by molar-refractivity contribution is 6.46. The van der Waals surface area contributed by atoms with Crippen molar-refractivity contribution in [2.75, 3.05) is 13.7 Å². The van der Waals surface area contributed by atoms with Gasteiger partial charge in [-0.25, -0.2) is 0 Å². The molecule has 1 aromatic heterocycles. The van der Waals surface area contributed by atoms with Gasteiger partial charge in [0.2, 0.25) is 0 Å². The van der Waals surface area contributed by atoms with Crippen LogP contribution in [0.3, 0.4) is 0 Å². The van der Waals surface area contributed by atoms with Gasteiger partial charge in [0.15, 0.2) is 0 Å². The van der Waals surface area contributed by atoms with E-state index < -0.39 is 17.7 Å². The summed E-state index contributed by atoms with van der Waals surface area (Å²) in [7, 11) is 1.58. The van der Waals surface area contributed by atoms with E-state index in [1.54, 1.807) is 49.6 Å². The fourth-order valence-electron chi connectivity index (χ4n) is 3.98.